The minimum Gasteiger partial charge on any atom is -0.309 e. The molecule has 1 rings (SSSR count). The summed E-state index contributed by atoms with van der Waals surface area (Å²) in [7, 11) is 4.26. The van der Waals surface area contributed by atoms with Gasteiger partial charge in [-0.1, -0.05) is 41.9 Å². The lowest BCUT2D eigenvalue weighted by Gasteiger charge is -2.32. The smallest absolute Gasteiger partial charge is 0.0178 e. The van der Waals surface area contributed by atoms with Crippen molar-refractivity contribution in [3.8, 4) is 0 Å². The number of likely N-dealkylation sites (N-methyl/N-ethyl adjacent to an activating group) is 1. The molecule has 0 saturated heterocycles. The molecule has 2 heteroatoms. The highest BCUT2D eigenvalue weighted by atomic mass is 79.9. The maximum atomic E-state index is 3.54. The second kappa shape index (κ2) is 5.13. The summed E-state index contributed by atoms with van der Waals surface area (Å²) < 4.78 is 1.17. The van der Waals surface area contributed by atoms with Gasteiger partial charge in [0, 0.05) is 16.4 Å². The first-order chi connectivity index (χ1) is 6.98. The van der Waals surface area contributed by atoms with Crippen LogP contribution in [-0.4, -0.2) is 25.5 Å². The average molecular weight is 270 g/mol. The summed E-state index contributed by atoms with van der Waals surface area (Å²) >= 11 is 3.54. The van der Waals surface area contributed by atoms with Crippen molar-refractivity contribution < 1.29 is 0 Å². The van der Waals surface area contributed by atoms with Crippen LogP contribution in [0.15, 0.2) is 28.7 Å². The molecule has 0 aliphatic rings. The quantitative estimate of drug-likeness (QED) is 0.806. The number of halogens is 1. The summed E-state index contributed by atoms with van der Waals surface area (Å²) in [4.78, 5) is 2.25. The van der Waals surface area contributed by atoms with Gasteiger partial charge in [-0.05, 0) is 38.2 Å². The Labute approximate surface area is 102 Å². The molecule has 0 amide bonds. The van der Waals surface area contributed by atoms with Crippen molar-refractivity contribution in [1.29, 1.82) is 0 Å². The largest absolute Gasteiger partial charge is 0.309 e. The Bertz CT molecular complexity index is 322. The van der Waals surface area contributed by atoms with E-state index >= 15 is 0 Å². The van der Waals surface area contributed by atoms with Crippen LogP contribution >= 0.6 is 15.9 Å². The average Bonchev–Trinajstić information content (AvgIpc) is 2.16. The minimum absolute atomic E-state index is 0.243. The van der Waals surface area contributed by atoms with Gasteiger partial charge in [0.1, 0.15) is 0 Å². The lowest BCUT2D eigenvalue weighted by atomic mass is 9.80. The summed E-state index contributed by atoms with van der Waals surface area (Å²) in [6, 6.07) is 8.64. The normalized spacial score (nSPS) is 15.3. The fraction of sp³-hybridized carbons (Fsp3) is 0.538. The first-order valence-electron chi connectivity index (χ1n) is 5.39. The van der Waals surface area contributed by atoms with Crippen LogP contribution in [0.4, 0.5) is 0 Å². The van der Waals surface area contributed by atoms with E-state index in [1.807, 2.05) is 0 Å². The van der Waals surface area contributed by atoms with Gasteiger partial charge in [0.25, 0.3) is 0 Å². The molecule has 0 N–H and O–H groups in total. The molecule has 0 heterocycles. The summed E-state index contributed by atoms with van der Waals surface area (Å²) in [5.41, 5.74) is 1.65. The summed E-state index contributed by atoms with van der Waals surface area (Å²) in [5.74, 6) is 0. The van der Waals surface area contributed by atoms with E-state index in [4.69, 9.17) is 0 Å². The Morgan fingerprint density at radius 3 is 2.47 bits per heavy atom. The van der Waals surface area contributed by atoms with Crippen LogP contribution in [0, 0.1) is 0 Å². The Hall–Kier alpha value is -0.340. The van der Waals surface area contributed by atoms with Crippen LogP contribution in [0.1, 0.15) is 25.8 Å². The van der Waals surface area contributed by atoms with E-state index in [9.17, 15) is 0 Å². The fourth-order valence-corrected chi connectivity index (χ4v) is 2.37. The van der Waals surface area contributed by atoms with Crippen LogP contribution in [0.2, 0.25) is 0 Å². The standard InChI is InChI=1S/C13H20BrN/c1-5-13(2,10-15(3)4)11-7-6-8-12(14)9-11/h6-9H,5,10H2,1-4H3. The molecule has 1 aromatic carbocycles. The zero-order valence-corrected chi connectivity index (χ0v) is 11.6. The van der Waals surface area contributed by atoms with E-state index in [0.29, 0.717) is 0 Å². The van der Waals surface area contributed by atoms with Crippen LogP contribution < -0.4 is 0 Å². The molecule has 0 aliphatic heterocycles. The van der Waals surface area contributed by atoms with E-state index in [-0.39, 0.29) is 5.41 Å². The van der Waals surface area contributed by atoms with Gasteiger partial charge in [-0.25, -0.2) is 0 Å². The zero-order chi connectivity index (χ0) is 11.5. The molecule has 0 radical (unpaired) electrons. The molecule has 0 spiro atoms. The summed E-state index contributed by atoms with van der Waals surface area (Å²) in [6.45, 7) is 5.67. The second-order valence-corrected chi connectivity index (χ2v) is 5.58. The molecule has 15 heavy (non-hydrogen) atoms. The van der Waals surface area contributed by atoms with Gasteiger partial charge in [-0.2, -0.15) is 0 Å². The van der Waals surface area contributed by atoms with E-state index in [1.165, 1.54) is 10.0 Å². The Morgan fingerprint density at radius 1 is 1.33 bits per heavy atom. The third-order valence-corrected chi connectivity index (χ3v) is 3.46. The zero-order valence-electron chi connectivity index (χ0n) is 10.0. The molecule has 1 aromatic rings. The van der Waals surface area contributed by atoms with Crippen molar-refractivity contribution in [3.63, 3.8) is 0 Å². The van der Waals surface area contributed by atoms with E-state index in [0.717, 1.165) is 13.0 Å². The molecule has 1 unspecified atom stereocenters. The predicted molar refractivity (Wildman–Crippen MR) is 70.3 cm³/mol. The monoisotopic (exact) mass is 269 g/mol. The number of rotatable bonds is 4. The fourth-order valence-electron chi connectivity index (χ4n) is 1.97. The van der Waals surface area contributed by atoms with Crippen LogP contribution in [0.3, 0.4) is 0 Å². The number of hydrogen-bond acceptors (Lipinski definition) is 1. The Morgan fingerprint density at radius 2 is 2.00 bits per heavy atom. The maximum Gasteiger partial charge on any atom is 0.0178 e. The van der Waals surface area contributed by atoms with Crippen molar-refractivity contribution in [2.75, 3.05) is 20.6 Å². The minimum atomic E-state index is 0.243. The molecule has 1 nitrogen and oxygen atoms in total. The molecule has 0 fully saturated rings. The number of nitrogens with zero attached hydrogens (tertiary/aromatic N) is 1. The van der Waals surface area contributed by atoms with E-state index in [2.05, 4.69) is 73.0 Å². The first-order valence-corrected chi connectivity index (χ1v) is 6.18. The van der Waals surface area contributed by atoms with Gasteiger partial charge >= 0.3 is 0 Å². The maximum absolute atomic E-state index is 3.54. The molecule has 0 aliphatic carbocycles. The van der Waals surface area contributed by atoms with Crippen molar-refractivity contribution in [2.45, 2.75) is 25.7 Å². The van der Waals surface area contributed by atoms with Gasteiger partial charge in [0.15, 0.2) is 0 Å². The molecule has 1 atom stereocenters. The predicted octanol–water partition coefficient (Wildman–Crippen LogP) is 3.68. The van der Waals surface area contributed by atoms with Crippen molar-refractivity contribution in [2.24, 2.45) is 0 Å². The van der Waals surface area contributed by atoms with Gasteiger partial charge in [0.2, 0.25) is 0 Å². The van der Waals surface area contributed by atoms with E-state index < -0.39 is 0 Å². The van der Waals surface area contributed by atoms with E-state index in [1.54, 1.807) is 0 Å². The van der Waals surface area contributed by atoms with Crippen LogP contribution in [-0.2, 0) is 5.41 Å². The lowest BCUT2D eigenvalue weighted by molar-refractivity contribution is 0.291. The molecular formula is C13H20BrN. The van der Waals surface area contributed by atoms with Gasteiger partial charge in [-0.3, -0.25) is 0 Å². The molecule has 0 aromatic heterocycles. The number of benzene rings is 1. The SMILES string of the molecule is CCC(C)(CN(C)C)c1cccc(Br)c1. The third-order valence-electron chi connectivity index (χ3n) is 2.97. The van der Waals surface area contributed by atoms with Crippen molar-refractivity contribution in [3.05, 3.63) is 34.3 Å². The molecule has 0 saturated carbocycles. The Balaban J connectivity index is 3.00. The highest BCUT2D eigenvalue weighted by Gasteiger charge is 2.25. The van der Waals surface area contributed by atoms with Crippen LogP contribution in [0.25, 0.3) is 0 Å². The van der Waals surface area contributed by atoms with Crippen molar-refractivity contribution >= 4 is 15.9 Å². The summed E-state index contributed by atoms with van der Waals surface area (Å²) in [5, 5.41) is 0. The lowest BCUT2D eigenvalue weighted by Crippen LogP contribution is -2.34. The highest BCUT2D eigenvalue weighted by molar-refractivity contribution is 9.10. The van der Waals surface area contributed by atoms with Gasteiger partial charge in [-0.15, -0.1) is 0 Å². The first kappa shape index (κ1) is 12.7. The third kappa shape index (κ3) is 3.32. The topological polar surface area (TPSA) is 3.24 Å². The molecular weight excluding hydrogens is 250 g/mol. The molecule has 84 valence electrons. The van der Waals surface area contributed by atoms with Gasteiger partial charge < -0.3 is 4.90 Å². The molecule has 0 bridgehead atoms. The summed E-state index contributed by atoms with van der Waals surface area (Å²) in [6.07, 6.45) is 1.15. The second-order valence-electron chi connectivity index (χ2n) is 4.66. The Kier molecular flexibility index (Phi) is 4.35. The highest BCUT2D eigenvalue weighted by Crippen LogP contribution is 2.29. The van der Waals surface area contributed by atoms with Gasteiger partial charge in [0.05, 0.1) is 0 Å². The number of hydrogen-bond donors (Lipinski definition) is 0. The van der Waals surface area contributed by atoms with Crippen LogP contribution in [0.5, 0.6) is 0 Å². The van der Waals surface area contributed by atoms with Crippen molar-refractivity contribution in [1.82, 2.24) is 4.90 Å².